The lowest BCUT2D eigenvalue weighted by Gasteiger charge is -2.18. The second kappa shape index (κ2) is 7.87. The lowest BCUT2D eigenvalue weighted by atomic mass is 10.0. The zero-order chi connectivity index (χ0) is 18.8. The minimum Gasteiger partial charge on any atom is -0.388 e. The number of nitrogens with one attached hydrogen (secondary N) is 1. The van der Waals surface area contributed by atoms with Gasteiger partial charge in [0.15, 0.2) is 0 Å². The summed E-state index contributed by atoms with van der Waals surface area (Å²) in [6, 6.07) is 0. The summed E-state index contributed by atoms with van der Waals surface area (Å²) in [4.78, 5) is 26.3. The highest BCUT2D eigenvalue weighted by atomic mass is 31.2. The molecule has 0 bridgehead atoms. The van der Waals surface area contributed by atoms with Crippen molar-refractivity contribution in [1.82, 2.24) is 9.55 Å². The fraction of sp³-hybridized carbons (Fsp3) is 0.588. The Balaban J connectivity index is 2.26. The van der Waals surface area contributed by atoms with Crippen LogP contribution in [0.1, 0.15) is 24.5 Å². The van der Waals surface area contributed by atoms with Gasteiger partial charge in [-0.25, -0.2) is 4.79 Å². The van der Waals surface area contributed by atoms with Crippen LogP contribution in [-0.2, 0) is 11.3 Å². The lowest BCUT2D eigenvalue weighted by molar-refractivity contribution is 0.00494. The summed E-state index contributed by atoms with van der Waals surface area (Å²) < 4.78 is 7.13. The fourth-order valence-corrected chi connectivity index (χ4v) is 3.80. The minimum atomic E-state index is -1.29. The van der Waals surface area contributed by atoms with E-state index < -0.39 is 42.6 Å². The molecule has 1 aromatic rings. The Morgan fingerprint density at radius 1 is 1.36 bits per heavy atom. The highest BCUT2D eigenvalue weighted by Gasteiger charge is 2.44. The Morgan fingerprint density at radius 3 is 2.64 bits per heavy atom. The van der Waals surface area contributed by atoms with Crippen LogP contribution in [0.2, 0.25) is 0 Å². The van der Waals surface area contributed by atoms with Crippen molar-refractivity contribution in [1.29, 1.82) is 0 Å². The van der Waals surface area contributed by atoms with Gasteiger partial charge in [0.1, 0.15) is 18.3 Å². The van der Waals surface area contributed by atoms with Crippen molar-refractivity contribution in [3.8, 4) is 0 Å². The van der Waals surface area contributed by atoms with Crippen LogP contribution < -0.4 is 11.2 Å². The van der Waals surface area contributed by atoms with Gasteiger partial charge in [0.2, 0.25) is 0 Å². The number of aromatic nitrogens is 2. The molecule has 2 heterocycles. The molecule has 0 aliphatic carbocycles. The Morgan fingerprint density at radius 2 is 2.04 bits per heavy atom. The summed E-state index contributed by atoms with van der Waals surface area (Å²) in [5.74, 6) is 0. The molecule has 1 unspecified atom stereocenters. The van der Waals surface area contributed by atoms with Crippen molar-refractivity contribution >= 4 is 13.2 Å². The molecule has 1 aliphatic rings. The predicted molar refractivity (Wildman–Crippen MR) is 101 cm³/mol. The molecule has 0 amide bonds. The van der Waals surface area contributed by atoms with Crippen molar-refractivity contribution in [2.75, 3.05) is 19.5 Å². The Labute approximate surface area is 146 Å². The molecule has 8 heteroatoms. The number of aromatic amines is 1. The molecule has 140 valence electrons. The first-order valence-corrected chi connectivity index (χ1v) is 11.3. The molecule has 1 aromatic heterocycles. The van der Waals surface area contributed by atoms with E-state index in [4.69, 9.17) is 4.74 Å². The highest BCUT2D eigenvalue weighted by molar-refractivity contribution is 7.72. The van der Waals surface area contributed by atoms with Crippen molar-refractivity contribution in [2.24, 2.45) is 0 Å². The lowest BCUT2D eigenvalue weighted by Crippen LogP contribution is -2.35. The maximum Gasteiger partial charge on any atom is 0.328 e. The van der Waals surface area contributed by atoms with Crippen molar-refractivity contribution in [3.63, 3.8) is 0 Å². The molecule has 3 N–H and O–H groups in total. The van der Waals surface area contributed by atoms with Crippen molar-refractivity contribution < 1.29 is 14.9 Å². The quantitative estimate of drug-likeness (QED) is 0.475. The van der Waals surface area contributed by atoms with Gasteiger partial charge in [-0.1, -0.05) is 6.08 Å². The van der Waals surface area contributed by atoms with Crippen LogP contribution >= 0.6 is 6.89 Å². The van der Waals surface area contributed by atoms with Crippen LogP contribution in [0.3, 0.4) is 0 Å². The Hall–Kier alpha value is -1.40. The van der Waals surface area contributed by atoms with Crippen LogP contribution in [0.15, 0.2) is 28.4 Å². The second-order valence-corrected chi connectivity index (χ2v) is 11.5. The van der Waals surface area contributed by atoms with Gasteiger partial charge in [-0.05, 0) is 32.3 Å². The van der Waals surface area contributed by atoms with E-state index in [-0.39, 0.29) is 5.56 Å². The number of aryl methyl sites for hydroxylation is 1. The zero-order valence-corrected chi connectivity index (χ0v) is 15.6. The Bertz CT molecular complexity index is 778. The molecule has 2 rings (SSSR count). The van der Waals surface area contributed by atoms with Gasteiger partial charge in [0, 0.05) is 12.7 Å². The highest BCUT2D eigenvalue weighted by Crippen LogP contribution is 2.40. The van der Waals surface area contributed by atoms with Gasteiger partial charge in [-0.3, -0.25) is 14.3 Å². The molecule has 0 saturated carbocycles. The minimum absolute atomic E-state index is 0.140. The molecule has 1 aliphatic heterocycles. The maximum atomic E-state index is 12.2. The molecule has 1 saturated heterocycles. The number of aliphatic hydroxyl groups is 2. The van der Waals surface area contributed by atoms with Gasteiger partial charge in [-0.15, -0.1) is 19.8 Å². The summed E-state index contributed by atoms with van der Waals surface area (Å²) in [6.45, 7) is 6.85. The van der Waals surface area contributed by atoms with Crippen molar-refractivity contribution in [3.05, 3.63) is 45.3 Å². The third-order valence-corrected chi connectivity index (χ3v) is 5.77. The standard InChI is InChI=1S/C17H27N2O5P/c1-5-6-8-19-10-11(16(22)18-17(19)23)15-14(21)13(20)12(24-15)7-9-25(2,3)4/h5,10,12-15,20-21H,1-2,6-9H2,3-4H3,(H,18,22,23)/t12?,13-,14-,15+/m1/s1. The maximum absolute atomic E-state index is 12.2. The van der Waals surface area contributed by atoms with E-state index in [1.807, 2.05) is 0 Å². The molecule has 0 radical (unpaired) electrons. The second-order valence-electron chi connectivity index (χ2n) is 7.14. The van der Waals surface area contributed by atoms with E-state index >= 15 is 0 Å². The third-order valence-electron chi connectivity index (χ3n) is 4.30. The molecule has 1 fully saturated rings. The monoisotopic (exact) mass is 370 g/mol. The number of allylic oxidation sites excluding steroid dienone is 1. The van der Waals surface area contributed by atoms with E-state index in [1.165, 1.54) is 10.8 Å². The summed E-state index contributed by atoms with van der Waals surface area (Å²) in [6.07, 6.45) is 5.30. The van der Waals surface area contributed by atoms with Gasteiger partial charge in [-0.2, -0.15) is 0 Å². The average molecular weight is 370 g/mol. The first-order chi connectivity index (χ1) is 11.6. The van der Waals surface area contributed by atoms with Gasteiger partial charge >= 0.3 is 5.69 Å². The molecular weight excluding hydrogens is 343 g/mol. The number of nitrogens with zero attached hydrogens (tertiary/aromatic N) is 1. The van der Waals surface area contributed by atoms with E-state index in [9.17, 15) is 19.8 Å². The van der Waals surface area contributed by atoms with Gasteiger partial charge in [0.25, 0.3) is 5.56 Å². The number of H-pyrrole nitrogens is 1. The fourth-order valence-electron chi connectivity index (χ4n) is 2.85. The molecule has 4 atom stereocenters. The van der Waals surface area contributed by atoms with E-state index in [0.717, 1.165) is 6.16 Å². The first-order valence-electron chi connectivity index (χ1n) is 8.27. The topological polar surface area (TPSA) is 105 Å². The van der Waals surface area contributed by atoms with Crippen LogP contribution in [0.25, 0.3) is 0 Å². The summed E-state index contributed by atoms with van der Waals surface area (Å²) in [5, 5.41) is 20.6. The van der Waals surface area contributed by atoms with Gasteiger partial charge in [0.05, 0.1) is 11.7 Å². The molecule has 7 nitrogen and oxygen atoms in total. The third kappa shape index (κ3) is 4.82. The molecular formula is C17H27N2O5P. The smallest absolute Gasteiger partial charge is 0.328 e. The number of hydrogen-bond donors (Lipinski definition) is 3. The zero-order valence-electron chi connectivity index (χ0n) is 14.7. The van der Waals surface area contributed by atoms with Gasteiger partial charge < -0.3 is 14.9 Å². The summed E-state index contributed by atoms with van der Waals surface area (Å²) >= 11 is 0. The molecule has 25 heavy (non-hydrogen) atoms. The largest absolute Gasteiger partial charge is 0.388 e. The molecule has 0 spiro atoms. The van der Waals surface area contributed by atoms with Crippen LogP contribution in [0.5, 0.6) is 0 Å². The van der Waals surface area contributed by atoms with E-state index in [1.54, 1.807) is 6.08 Å². The number of hydrogen-bond acceptors (Lipinski definition) is 5. The van der Waals surface area contributed by atoms with E-state index in [2.05, 4.69) is 31.2 Å². The predicted octanol–water partition coefficient (Wildman–Crippen LogP) is 0.374. The first kappa shape index (κ1) is 19.9. The average Bonchev–Trinajstić information content (AvgIpc) is 2.80. The van der Waals surface area contributed by atoms with Crippen LogP contribution in [0.4, 0.5) is 0 Å². The summed E-state index contributed by atoms with van der Waals surface area (Å²) in [7, 11) is 0. The van der Waals surface area contributed by atoms with Crippen LogP contribution in [0, 0.1) is 0 Å². The number of aliphatic hydroxyl groups excluding tert-OH is 2. The summed E-state index contributed by atoms with van der Waals surface area (Å²) in [5.41, 5.74) is -0.994. The number of ether oxygens (including phenoxy) is 1. The molecule has 0 aromatic carbocycles. The number of rotatable bonds is 7. The van der Waals surface area contributed by atoms with Crippen molar-refractivity contribution in [2.45, 2.75) is 43.8 Å². The van der Waals surface area contributed by atoms with Crippen LogP contribution in [-0.4, -0.2) is 63.9 Å². The normalized spacial score (nSPS) is 26.7. The SMILES string of the molecule is C=CCCn1cc([C@@H]2OC(CCP(=C)(C)C)[C@@H](O)[C@H]2O)c(=O)[nH]c1=O. The Kier molecular flexibility index (Phi) is 6.27. The van der Waals surface area contributed by atoms with E-state index in [0.29, 0.717) is 19.4 Å².